The Kier molecular flexibility index (Phi) is 4.54. The second kappa shape index (κ2) is 7.13. The number of nitrogens with zero attached hydrogens (tertiary/aromatic N) is 1. The molecule has 4 atom stereocenters. The van der Waals surface area contributed by atoms with Crippen LogP contribution in [-0.4, -0.2) is 24.8 Å². The van der Waals surface area contributed by atoms with E-state index in [-0.39, 0.29) is 29.6 Å². The van der Waals surface area contributed by atoms with Gasteiger partial charge in [0.1, 0.15) is 5.75 Å². The lowest BCUT2D eigenvalue weighted by atomic mass is 9.81. The van der Waals surface area contributed by atoms with Crippen molar-refractivity contribution in [2.24, 2.45) is 23.7 Å². The van der Waals surface area contributed by atoms with Crippen molar-refractivity contribution in [3.8, 4) is 5.75 Å². The van der Waals surface area contributed by atoms with Crippen LogP contribution in [0.2, 0.25) is 5.02 Å². The van der Waals surface area contributed by atoms with Gasteiger partial charge >= 0.3 is 0 Å². The van der Waals surface area contributed by atoms with Gasteiger partial charge in [0.05, 0.1) is 30.3 Å². The van der Waals surface area contributed by atoms with Gasteiger partial charge in [0, 0.05) is 10.6 Å². The molecule has 2 aromatic carbocycles. The molecule has 154 valence electrons. The van der Waals surface area contributed by atoms with Gasteiger partial charge in [0.2, 0.25) is 11.8 Å². The summed E-state index contributed by atoms with van der Waals surface area (Å²) in [5.74, 6) is 0.369. The van der Waals surface area contributed by atoms with E-state index >= 15 is 0 Å². The first-order valence-corrected chi connectivity index (χ1v) is 10.5. The maximum Gasteiger partial charge on any atom is 0.255 e. The Hall–Kier alpha value is -2.86. The molecule has 0 aromatic heterocycles. The summed E-state index contributed by atoms with van der Waals surface area (Å²) in [6, 6.07) is 11.5. The number of ether oxygens (including phenoxy) is 1. The Bertz CT molecular complexity index is 1020. The zero-order valence-electron chi connectivity index (χ0n) is 16.4. The summed E-state index contributed by atoms with van der Waals surface area (Å²) < 4.78 is 5.25. The van der Waals surface area contributed by atoms with Crippen LogP contribution in [0, 0.1) is 23.7 Å². The Morgan fingerprint density at radius 3 is 2.27 bits per heavy atom. The van der Waals surface area contributed by atoms with Gasteiger partial charge < -0.3 is 10.1 Å². The minimum absolute atomic E-state index is 0.0851. The van der Waals surface area contributed by atoms with Crippen LogP contribution in [0.1, 0.15) is 29.6 Å². The SMILES string of the molecule is COc1ccc(Cl)cc1NC(=O)c1ccc(N2C(=O)[C@@H]3[C@H]4CC[C@@H](C4)[C@H]3C2=O)cc1. The largest absolute Gasteiger partial charge is 0.495 e. The van der Waals surface area contributed by atoms with E-state index in [1.807, 2.05) is 0 Å². The molecule has 5 rings (SSSR count). The number of carbonyl (C=O) groups is 3. The molecule has 1 N–H and O–H groups in total. The van der Waals surface area contributed by atoms with Crippen molar-refractivity contribution in [3.63, 3.8) is 0 Å². The molecule has 2 aliphatic carbocycles. The summed E-state index contributed by atoms with van der Waals surface area (Å²) in [5, 5.41) is 3.26. The number of nitrogens with one attached hydrogen (secondary N) is 1. The maximum atomic E-state index is 12.9. The minimum Gasteiger partial charge on any atom is -0.495 e. The average Bonchev–Trinajstić information content (AvgIpc) is 3.42. The van der Waals surface area contributed by atoms with Crippen LogP contribution < -0.4 is 15.0 Å². The molecule has 1 heterocycles. The number of hydrogen-bond acceptors (Lipinski definition) is 4. The highest BCUT2D eigenvalue weighted by atomic mass is 35.5. The van der Waals surface area contributed by atoms with Crippen molar-refractivity contribution in [1.82, 2.24) is 0 Å². The molecule has 2 saturated carbocycles. The Morgan fingerprint density at radius 2 is 1.67 bits per heavy atom. The van der Waals surface area contributed by atoms with E-state index < -0.39 is 0 Å². The minimum atomic E-state index is -0.337. The molecule has 0 unspecified atom stereocenters. The molecular weight excluding hydrogens is 404 g/mol. The molecule has 3 fully saturated rings. The Balaban J connectivity index is 1.35. The molecule has 2 aromatic rings. The van der Waals surface area contributed by atoms with Crippen LogP contribution in [0.15, 0.2) is 42.5 Å². The normalized spacial score (nSPS) is 26.8. The van der Waals surface area contributed by atoms with Gasteiger partial charge in [-0.15, -0.1) is 0 Å². The number of carbonyl (C=O) groups excluding carboxylic acids is 3. The number of imide groups is 1. The van der Waals surface area contributed by atoms with E-state index in [0.29, 0.717) is 39.5 Å². The summed E-state index contributed by atoms with van der Waals surface area (Å²) in [6.07, 6.45) is 3.10. The zero-order valence-corrected chi connectivity index (χ0v) is 17.2. The number of benzene rings is 2. The molecule has 3 amide bonds. The van der Waals surface area contributed by atoms with Crippen molar-refractivity contribution in [1.29, 1.82) is 0 Å². The highest BCUT2D eigenvalue weighted by Crippen LogP contribution is 2.56. The van der Waals surface area contributed by atoms with Crippen LogP contribution in [-0.2, 0) is 9.59 Å². The standard InChI is InChI=1S/C23H21ClN2O4/c1-30-18-9-6-15(24)11-17(18)25-21(27)12-4-7-16(8-5-12)26-22(28)19-13-2-3-14(10-13)20(19)23(26)29/h4-9,11,13-14,19-20H,2-3,10H2,1H3,(H,25,27)/t13-,14-,19+,20+/m0/s1. The summed E-state index contributed by atoms with van der Waals surface area (Å²) in [6.45, 7) is 0. The van der Waals surface area contributed by atoms with E-state index in [1.165, 1.54) is 12.0 Å². The van der Waals surface area contributed by atoms with Crippen LogP contribution >= 0.6 is 11.6 Å². The molecule has 2 bridgehead atoms. The lowest BCUT2D eigenvalue weighted by Gasteiger charge is -2.19. The van der Waals surface area contributed by atoms with Crippen molar-refractivity contribution < 1.29 is 19.1 Å². The van der Waals surface area contributed by atoms with Crippen LogP contribution in [0.4, 0.5) is 11.4 Å². The fraction of sp³-hybridized carbons (Fsp3) is 0.348. The average molecular weight is 425 g/mol. The smallest absolute Gasteiger partial charge is 0.255 e. The number of rotatable bonds is 4. The number of halogens is 1. The van der Waals surface area contributed by atoms with E-state index in [0.717, 1.165) is 19.3 Å². The second-order valence-corrected chi connectivity index (χ2v) is 8.68. The molecule has 1 saturated heterocycles. The van der Waals surface area contributed by atoms with Gasteiger partial charge in [-0.25, -0.2) is 0 Å². The lowest BCUT2D eigenvalue weighted by Crippen LogP contribution is -2.32. The third-order valence-electron chi connectivity index (χ3n) is 6.72. The number of amides is 3. The van der Waals surface area contributed by atoms with Crippen molar-refractivity contribution in [2.45, 2.75) is 19.3 Å². The van der Waals surface area contributed by atoms with E-state index in [4.69, 9.17) is 16.3 Å². The first-order chi connectivity index (χ1) is 14.5. The topological polar surface area (TPSA) is 75.7 Å². The summed E-state index contributed by atoms with van der Waals surface area (Å²) in [4.78, 5) is 39.9. The van der Waals surface area contributed by atoms with Gasteiger partial charge in [-0.3, -0.25) is 19.3 Å². The quantitative estimate of drug-likeness (QED) is 0.748. The molecule has 6 nitrogen and oxygen atoms in total. The fourth-order valence-corrected chi connectivity index (χ4v) is 5.57. The van der Waals surface area contributed by atoms with E-state index in [1.54, 1.807) is 42.5 Å². The van der Waals surface area contributed by atoms with E-state index in [2.05, 4.69) is 5.32 Å². The number of anilines is 2. The third kappa shape index (κ3) is 2.89. The highest BCUT2D eigenvalue weighted by Gasteiger charge is 2.61. The van der Waals surface area contributed by atoms with Crippen LogP contribution in [0.3, 0.4) is 0 Å². The van der Waals surface area contributed by atoms with E-state index in [9.17, 15) is 14.4 Å². The predicted molar refractivity (Wildman–Crippen MR) is 113 cm³/mol. The monoisotopic (exact) mass is 424 g/mol. The second-order valence-electron chi connectivity index (χ2n) is 8.24. The fourth-order valence-electron chi connectivity index (χ4n) is 5.40. The highest BCUT2D eigenvalue weighted by molar-refractivity contribution is 6.31. The van der Waals surface area contributed by atoms with Crippen molar-refractivity contribution in [3.05, 3.63) is 53.1 Å². The van der Waals surface area contributed by atoms with Gasteiger partial charge in [-0.05, 0) is 73.6 Å². The molecule has 7 heteroatoms. The summed E-state index contributed by atoms with van der Waals surface area (Å²) >= 11 is 6.01. The predicted octanol–water partition coefficient (Wildman–Crippen LogP) is 4.14. The number of fused-ring (bicyclic) bond motifs is 5. The first-order valence-electron chi connectivity index (χ1n) is 10.1. The molecule has 1 aliphatic heterocycles. The van der Waals surface area contributed by atoms with Gasteiger partial charge in [0.15, 0.2) is 0 Å². The first kappa shape index (κ1) is 19.1. The molecule has 3 aliphatic rings. The Morgan fingerprint density at radius 1 is 1.03 bits per heavy atom. The molecular formula is C23H21ClN2O4. The van der Waals surface area contributed by atoms with Gasteiger partial charge in [0.25, 0.3) is 5.91 Å². The lowest BCUT2D eigenvalue weighted by molar-refractivity contribution is -0.123. The molecule has 30 heavy (non-hydrogen) atoms. The number of methoxy groups -OCH3 is 1. The maximum absolute atomic E-state index is 12.9. The molecule has 0 spiro atoms. The molecule has 0 radical (unpaired) electrons. The van der Waals surface area contributed by atoms with Crippen LogP contribution in [0.25, 0.3) is 0 Å². The summed E-state index contributed by atoms with van der Waals surface area (Å²) in [7, 11) is 1.51. The number of hydrogen-bond donors (Lipinski definition) is 1. The van der Waals surface area contributed by atoms with Crippen molar-refractivity contribution >= 4 is 40.7 Å². The zero-order chi connectivity index (χ0) is 21.0. The summed E-state index contributed by atoms with van der Waals surface area (Å²) in [5.41, 5.74) is 1.39. The van der Waals surface area contributed by atoms with Gasteiger partial charge in [-0.1, -0.05) is 11.6 Å². The van der Waals surface area contributed by atoms with Crippen LogP contribution in [0.5, 0.6) is 5.75 Å². The Labute approximate surface area is 179 Å². The van der Waals surface area contributed by atoms with Gasteiger partial charge in [-0.2, -0.15) is 0 Å². The third-order valence-corrected chi connectivity index (χ3v) is 6.96. The van der Waals surface area contributed by atoms with Crippen molar-refractivity contribution in [2.75, 3.05) is 17.3 Å².